The van der Waals surface area contributed by atoms with E-state index in [1.54, 1.807) is 6.07 Å². The number of benzene rings is 8. The number of rotatable bonds is 32. The smallest absolute Gasteiger partial charge is 0.153 e. The number of ether oxygens (including phenoxy) is 4. The highest BCUT2D eigenvalue weighted by Crippen LogP contribution is 2.43. The van der Waals surface area contributed by atoms with Gasteiger partial charge in [0.05, 0.1) is 0 Å². The van der Waals surface area contributed by atoms with E-state index in [9.17, 15) is 10.2 Å². The predicted molar refractivity (Wildman–Crippen MR) is 321 cm³/mol. The molecule has 0 saturated carbocycles. The van der Waals surface area contributed by atoms with E-state index in [4.69, 9.17) is 18.9 Å². The summed E-state index contributed by atoms with van der Waals surface area (Å²) < 4.78 is 26.4. The van der Waals surface area contributed by atoms with Crippen molar-refractivity contribution in [1.29, 1.82) is 0 Å². The average molecular weight is 1050 g/mol. The van der Waals surface area contributed by atoms with Crippen LogP contribution in [0.2, 0.25) is 0 Å². The summed E-state index contributed by atoms with van der Waals surface area (Å²) in [6.07, 6.45) is 20.7. The van der Waals surface area contributed by atoms with E-state index in [0.717, 1.165) is 76.5 Å². The lowest BCUT2D eigenvalue weighted by Crippen LogP contribution is -2.17. The number of phenolic OH excluding ortho intramolecular Hbond substituents is 2. The fraction of sp³-hybridized carbons (Fsp3) is 0.333. The predicted octanol–water partition coefficient (Wildman–Crippen LogP) is 20.4. The largest absolute Gasteiger partial charge is 0.508 e. The molecule has 2 N–H and O–H groups in total. The quantitative estimate of drug-likeness (QED) is 0.0409. The molecule has 0 amide bonds. The van der Waals surface area contributed by atoms with Crippen molar-refractivity contribution in [1.82, 2.24) is 0 Å². The van der Waals surface area contributed by atoms with Crippen molar-refractivity contribution in [3.63, 3.8) is 0 Å². The zero-order valence-electron chi connectivity index (χ0n) is 46.3. The highest BCUT2D eigenvalue weighted by Gasteiger charge is 2.30. The molecule has 4 unspecified atom stereocenters. The monoisotopic (exact) mass is 1040 g/mol. The Balaban J connectivity index is 0.000000230. The molecule has 8 aromatic rings. The summed E-state index contributed by atoms with van der Waals surface area (Å²) >= 11 is 0. The van der Waals surface area contributed by atoms with Gasteiger partial charge in [-0.15, -0.1) is 0 Å². The van der Waals surface area contributed by atoms with E-state index in [0.29, 0.717) is 11.3 Å². The maximum atomic E-state index is 11.4. The molecule has 78 heavy (non-hydrogen) atoms. The first-order valence-electron chi connectivity index (χ1n) is 29.1. The first kappa shape index (κ1) is 58.2. The Kier molecular flexibility index (Phi) is 25.1. The molecule has 408 valence electrons. The zero-order valence-corrected chi connectivity index (χ0v) is 46.3. The fourth-order valence-electron chi connectivity index (χ4n) is 10.2. The first-order chi connectivity index (χ1) is 38.5. The molecule has 6 nitrogen and oxygen atoms in total. The molecule has 0 fully saturated rings. The van der Waals surface area contributed by atoms with Crippen molar-refractivity contribution >= 4 is 0 Å². The van der Waals surface area contributed by atoms with Crippen LogP contribution in [0, 0.1) is 0 Å². The van der Waals surface area contributed by atoms with Gasteiger partial charge in [-0.3, -0.25) is 0 Å². The van der Waals surface area contributed by atoms with Crippen molar-refractivity contribution in [2.24, 2.45) is 0 Å². The van der Waals surface area contributed by atoms with E-state index >= 15 is 0 Å². The third-order valence-corrected chi connectivity index (χ3v) is 14.3. The molecule has 8 aromatic carbocycles. The lowest BCUT2D eigenvalue weighted by Gasteiger charge is -2.28. The Hall–Kier alpha value is -7.44. The van der Waals surface area contributed by atoms with Crippen molar-refractivity contribution < 1.29 is 29.2 Å². The second kappa shape index (κ2) is 33.7. The van der Waals surface area contributed by atoms with Gasteiger partial charge < -0.3 is 29.2 Å². The molecule has 6 heteroatoms. The van der Waals surface area contributed by atoms with Gasteiger partial charge in [-0.25, -0.2) is 0 Å². The van der Waals surface area contributed by atoms with E-state index < -0.39 is 12.2 Å². The molecule has 8 rings (SSSR count). The molecule has 0 aromatic heterocycles. The van der Waals surface area contributed by atoms with Crippen LogP contribution in [-0.2, 0) is 0 Å². The van der Waals surface area contributed by atoms with Gasteiger partial charge in [-0.1, -0.05) is 261 Å². The van der Waals surface area contributed by atoms with Gasteiger partial charge in [0.2, 0.25) is 0 Å². The van der Waals surface area contributed by atoms with Gasteiger partial charge in [0.15, 0.2) is 6.10 Å². The summed E-state index contributed by atoms with van der Waals surface area (Å²) in [6, 6.07) is 71.1. The summed E-state index contributed by atoms with van der Waals surface area (Å²) in [5.41, 5.74) is 5.36. The minimum atomic E-state index is -0.541. The maximum absolute atomic E-state index is 11.4. The van der Waals surface area contributed by atoms with Crippen LogP contribution in [0.5, 0.6) is 34.5 Å². The molecule has 0 aliphatic rings. The normalized spacial score (nSPS) is 12.5. The maximum Gasteiger partial charge on any atom is 0.153 e. The SMILES string of the molecule is CCCCCCCCCCC(Oc1ccccc1)c1cccc(O)c1C(CCCCCCCCCC)Oc1ccccc1.Oc1cccc(C(Oc2ccccc2)c2ccccc2)c1C(Oc1ccccc1)c1ccccc1. The van der Waals surface area contributed by atoms with Crippen LogP contribution >= 0.6 is 0 Å². The summed E-state index contributed by atoms with van der Waals surface area (Å²) in [5.74, 6) is 3.63. The van der Waals surface area contributed by atoms with Crippen LogP contribution in [0.4, 0.5) is 0 Å². The fourth-order valence-corrected chi connectivity index (χ4v) is 10.2. The summed E-state index contributed by atoms with van der Waals surface area (Å²) in [4.78, 5) is 0. The molecule has 0 bridgehead atoms. The molecule has 0 saturated heterocycles. The highest BCUT2D eigenvalue weighted by molar-refractivity contribution is 5.50. The lowest BCUT2D eigenvalue weighted by atomic mass is 9.90. The molecule has 4 atom stereocenters. The highest BCUT2D eigenvalue weighted by atomic mass is 16.5. The van der Waals surface area contributed by atoms with Crippen molar-refractivity contribution in [2.45, 2.75) is 154 Å². The van der Waals surface area contributed by atoms with Crippen LogP contribution in [0.15, 0.2) is 218 Å². The number of unbranched alkanes of at least 4 members (excludes halogenated alkanes) is 14. The first-order valence-corrected chi connectivity index (χ1v) is 29.1. The molecule has 0 aliphatic heterocycles. The number of hydrogen-bond donors (Lipinski definition) is 2. The number of phenols is 2. The number of hydrogen-bond acceptors (Lipinski definition) is 6. The van der Waals surface area contributed by atoms with E-state index in [2.05, 4.69) is 19.9 Å². The average Bonchev–Trinajstić information content (AvgIpc) is 3.54. The van der Waals surface area contributed by atoms with Crippen LogP contribution < -0.4 is 18.9 Å². The summed E-state index contributed by atoms with van der Waals surface area (Å²) in [7, 11) is 0. The topological polar surface area (TPSA) is 77.4 Å². The second-order valence-corrected chi connectivity index (χ2v) is 20.4. The minimum absolute atomic E-state index is 0.148. The van der Waals surface area contributed by atoms with Gasteiger partial charge in [0.1, 0.15) is 52.8 Å². The van der Waals surface area contributed by atoms with Crippen LogP contribution in [-0.4, -0.2) is 10.2 Å². The minimum Gasteiger partial charge on any atom is -0.508 e. The Morgan fingerprint density at radius 2 is 0.603 bits per heavy atom. The van der Waals surface area contributed by atoms with Gasteiger partial charge in [-0.05, 0) is 97.5 Å². The Morgan fingerprint density at radius 3 is 1.04 bits per heavy atom. The van der Waals surface area contributed by atoms with Crippen molar-refractivity contribution in [3.05, 3.63) is 252 Å². The van der Waals surface area contributed by atoms with Gasteiger partial charge in [-0.2, -0.15) is 0 Å². The molecule has 0 spiro atoms. The summed E-state index contributed by atoms with van der Waals surface area (Å²) in [5, 5.41) is 22.6. The number of aromatic hydroxyl groups is 2. The standard InChI is InChI=1S/C40H58O3.C32H26O3/c1-3-5-7-9-11-13-15-23-32-38(42-34-26-19-17-20-27-34)36-30-25-31-37(41)40(36)39(43-35-28-21-18-22-29-35)33-24-16-14-12-10-8-6-4-2;33-29-23-13-22-28(31(24-14-5-1-6-15-24)34-26-18-9-3-10-19-26)30(29)32(25-16-7-2-8-17-25)35-27-20-11-4-12-21-27/h17-22,25-31,38-39,41H,3-16,23-24,32-33H2,1-2H3;1-23,31-33H. The van der Waals surface area contributed by atoms with Gasteiger partial charge in [0, 0.05) is 22.3 Å². The molecule has 0 aliphatic carbocycles. The Labute approximate surface area is 467 Å². The van der Waals surface area contributed by atoms with E-state index in [1.807, 2.05) is 206 Å². The van der Waals surface area contributed by atoms with E-state index in [-0.39, 0.29) is 18.0 Å². The third-order valence-electron chi connectivity index (χ3n) is 14.3. The van der Waals surface area contributed by atoms with Crippen LogP contribution in [0.25, 0.3) is 0 Å². The number of para-hydroxylation sites is 4. The molecular weight excluding hydrogens is 961 g/mol. The van der Waals surface area contributed by atoms with Gasteiger partial charge >= 0.3 is 0 Å². The second-order valence-electron chi connectivity index (χ2n) is 20.4. The van der Waals surface area contributed by atoms with Crippen LogP contribution in [0.1, 0.15) is 187 Å². The Morgan fingerprint density at radius 1 is 0.282 bits per heavy atom. The van der Waals surface area contributed by atoms with Crippen molar-refractivity contribution in [2.75, 3.05) is 0 Å². The van der Waals surface area contributed by atoms with Crippen molar-refractivity contribution in [3.8, 4) is 34.5 Å². The van der Waals surface area contributed by atoms with E-state index in [1.165, 1.54) is 89.9 Å². The zero-order chi connectivity index (χ0) is 54.2. The molecular formula is C72H84O6. The van der Waals surface area contributed by atoms with Gasteiger partial charge in [0.25, 0.3) is 0 Å². The van der Waals surface area contributed by atoms with Crippen LogP contribution in [0.3, 0.4) is 0 Å². The lowest BCUT2D eigenvalue weighted by molar-refractivity contribution is 0.164. The molecule has 0 heterocycles. The summed E-state index contributed by atoms with van der Waals surface area (Å²) in [6.45, 7) is 4.54. The third kappa shape index (κ3) is 18.9. The molecule has 0 radical (unpaired) electrons. The Bertz CT molecular complexity index is 2810.